The Kier molecular flexibility index (Phi) is 2.39. The second-order valence-electron chi connectivity index (χ2n) is 4.59. The van der Waals surface area contributed by atoms with Gasteiger partial charge < -0.3 is 9.88 Å². The average molecular weight is 228 g/mol. The van der Waals surface area contributed by atoms with E-state index in [2.05, 4.69) is 22.9 Å². The molecule has 1 aromatic heterocycles. The highest BCUT2D eigenvalue weighted by Crippen LogP contribution is 2.24. The van der Waals surface area contributed by atoms with Crippen LogP contribution in [0.15, 0.2) is 30.5 Å². The summed E-state index contributed by atoms with van der Waals surface area (Å²) in [6, 6.07) is 8.48. The molecule has 0 bridgehead atoms. The van der Waals surface area contributed by atoms with E-state index in [1.54, 1.807) is 0 Å². The topological polar surface area (TPSA) is 34.0 Å². The molecule has 3 nitrogen and oxygen atoms in total. The Hall–Kier alpha value is -1.77. The summed E-state index contributed by atoms with van der Waals surface area (Å²) in [6.45, 7) is 2.98. The van der Waals surface area contributed by atoms with Gasteiger partial charge in [0, 0.05) is 29.7 Å². The maximum absolute atomic E-state index is 12.1. The third-order valence-corrected chi connectivity index (χ3v) is 3.29. The number of benzene rings is 1. The summed E-state index contributed by atoms with van der Waals surface area (Å²) >= 11 is 0. The second-order valence-corrected chi connectivity index (χ2v) is 4.59. The van der Waals surface area contributed by atoms with Gasteiger partial charge in [-0.3, -0.25) is 4.79 Å². The third kappa shape index (κ3) is 1.82. The van der Waals surface area contributed by atoms with Crippen molar-refractivity contribution in [3.8, 4) is 0 Å². The average Bonchev–Trinajstić information content (AvgIpc) is 3.08. The summed E-state index contributed by atoms with van der Waals surface area (Å²) in [7, 11) is 0. The molecule has 88 valence electrons. The molecule has 1 amide bonds. The van der Waals surface area contributed by atoms with E-state index in [9.17, 15) is 4.79 Å². The molecule has 0 spiro atoms. The number of carbonyl (C=O) groups excluding carboxylic acids is 1. The van der Waals surface area contributed by atoms with Crippen LogP contribution in [0, 0.1) is 0 Å². The maximum atomic E-state index is 12.1. The summed E-state index contributed by atoms with van der Waals surface area (Å²) in [5, 5.41) is 4.10. The molecule has 1 fully saturated rings. The van der Waals surface area contributed by atoms with Crippen LogP contribution in [0.2, 0.25) is 0 Å². The number of carbonyl (C=O) groups is 1. The zero-order chi connectivity index (χ0) is 11.8. The minimum absolute atomic E-state index is 0.0656. The molecular formula is C14H16N2O. The first-order chi connectivity index (χ1) is 8.29. The van der Waals surface area contributed by atoms with Gasteiger partial charge in [-0.25, -0.2) is 0 Å². The lowest BCUT2D eigenvalue weighted by molar-refractivity contribution is 0.0952. The van der Waals surface area contributed by atoms with Crippen LogP contribution in [-0.4, -0.2) is 16.5 Å². The number of para-hydroxylation sites is 1. The standard InChI is InChI=1S/C14H16N2O/c1-2-16-9-12(14(17)15-10-7-8-10)11-5-3-4-6-13(11)16/h3-6,9-10H,2,7-8H2,1H3,(H,15,17). The van der Waals surface area contributed by atoms with E-state index in [0.29, 0.717) is 6.04 Å². The molecule has 1 N–H and O–H groups in total. The number of nitrogens with one attached hydrogen (secondary N) is 1. The zero-order valence-electron chi connectivity index (χ0n) is 9.94. The maximum Gasteiger partial charge on any atom is 0.253 e. The van der Waals surface area contributed by atoms with Crippen LogP contribution in [0.3, 0.4) is 0 Å². The number of hydrogen-bond donors (Lipinski definition) is 1. The minimum Gasteiger partial charge on any atom is -0.349 e. The van der Waals surface area contributed by atoms with Gasteiger partial charge in [-0.2, -0.15) is 0 Å². The molecule has 0 saturated heterocycles. The van der Waals surface area contributed by atoms with Crippen molar-refractivity contribution in [2.45, 2.75) is 32.4 Å². The van der Waals surface area contributed by atoms with Crippen molar-refractivity contribution < 1.29 is 4.79 Å². The Morgan fingerprint density at radius 2 is 2.18 bits per heavy atom. The van der Waals surface area contributed by atoms with E-state index in [-0.39, 0.29) is 5.91 Å². The van der Waals surface area contributed by atoms with Crippen LogP contribution in [0.25, 0.3) is 10.9 Å². The summed E-state index contributed by atoms with van der Waals surface area (Å²) in [5.74, 6) is 0.0656. The molecule has 1 aliphatic rings. The van der Waals surface area contributed by atoms with Crippen molar-refractivity contribution in [3.63, 3.8) is 0 Å². The molecule has 17 heavy (non-hydrogen) atoms. The predicted octanol–water partition coefficient (Wildman–Crippen LogP) is 2.55. The molecule has 1 heterocycles. The molecule has 0 aliphatic heterocycles. The molecule has 3 rings (SSSR count). The Morgan fingerprint density at radius 1 is 1.41 bits per heavy atom. The molecule has 0 radical (unpaired) electrons. The smallest absolute Gasteiger partial charge is 0.253 e. The van der Waals surface area contributed by atoms with Gasteiger partial charge in [0.05, 0.1) is 5.56 Å². The van der Waals surface area contributed by atoms with Crippen molar-refractivity contribution >= 4 is 16.8 Å². The molecule has 0 unspecified atom stereocenters. The summed E-state index contributed by atoms with van der Waals surface area (Å²) in [4.78, 5) is 12.1. The highest BCUT2D eigenvalue weighted by molar-refractivity contribution is 6.07. The van der Waals surface area contributed by atoms with Crippen molar-refractivity contribution in [3.05, 3.63) is 36.0 Å². The van der Waals surface area contributed by atoms with E-state index >= 15 is 0 Å². The molecule has 3 heteroatoms. The van der Waals surface area contributed by atoms with Crippen molar-refractivity contribution in [2.75, 3.05) is 0 Å². The zero-order valence-corrected chi connectivity index (χ0v) is 9.94. The number of aromatic nitrogens is 1. The van der Waals surface area contributed by atoms with Crippen LogP contribution in [0.1, 0.15) is 30.1 Å². The van der Waals surface area contributed by atoms with Gasteiger partial charge >= 0.3 is 0 Å². The van der Waals surface area contributed by atoms with Crippen molar-refractivity contribution in [2.24, 2.45) is 0 Å². The fourth-order valence-electron chi connectivity index (χ4n) is 2.18. The van der Waals surface area contributed by atoms with Crippen molar-refractivity contribution in [1.29, 1.82) is 0 Å². The van der Waals surface area contributed by atoms with Gasteiger partial charge in [0.2, 0.25) is 0 Å². The number of rotatable bonds is 3. The van der Waals surface area contributed by atoms with E-state index in [1.807, 2.05) is 24.4 Å². The van der Waals surface area contributed by atoms with Crippen molar-refractivity contribution in [1.82, 2.24) is 9.88 Å². The molecule has 1 saturated carbocycles. The third-order valence-electron chi connectivity index (χ3n) is 3.29. The van der Waals surface area contributed by atoms with E-state index in [4.69, 9.17) is 0 Å². The summed E-state index contributed by atoms with van der Waals surface area (Å²) in [5.41, 5.74) is 1.94. The van der Waals surface area contributed by atoms with Gasteiger partial charge in [-0.15, -0.1) is 0 Å². The Labute approximate surface area is 100 Å². The van der Waals surface area contributed by atoms with E-state index in [1.165, 1.54) is 0 Å². The Bertz CT molecular complexity index is 567. The second kappa shape index (κ2) is 3.91. The number of amides is 1. The van der Waals surface area contributed by atoms with E-state index < -0.39 is 0 Å². The lowest BCUT2D eigenvalue weighted by atomic mass is 10.1. The lowest BCUT2D eigenvalue weighted by Gasteiger charge is -2.00. The minimum atomic E-state index is 0.0656. The Balaban J connectivity index is 2.05. The molecular weight excluding hydrogens is 212 g/mol. The van der Waals surface area contributed by atoms with Gasteiger partial charge in [0.15, 0.2) is 0 Å². The Morgan fingerprint density at radius 3 is 2.88 bits per heavy atom. The lowest BCUT2D eigenvalue weighted by Crippen LogP contribution is -2.25. The first-order valence-corrected chi connectivity index (χ1v) is 6.18. The number of hydrogen-bond acceptors (Lipinski definition) is 1. The SMILES string of the molecule is CCn1cc(C(=O)NC2CC2)c2ccccc21. The highest BCUT2D eigenvalue weighted by Gasteiger charge is 2.25. The van der Waals surface area contributed by atoms with Crippen LogP contribution in [0.5, 0.6) is 0 Å². The normalized spacial score (nSPS) is 15.1. The largest absolute Gasteiger partial charge is 0.349 e. The molecule has 1 aromatic carbocycles. The molecule has 1 aliphatic carbocycles. The predicted molar refractivity (Wildman–Crippen MR) is 68.1 cm³/mol. The highest BCUT2D eigenvalue weighted by atomic mass is 16.1. The number of nitrogens with zero attached hydrogens (tertiary/aromatic N) is 1. The van der Waals surface area contributed by atoms with Crippen LogP contribution >= 0.6 is 0 Å². The first kappa shape index (κ1) is 10.4. The first-order valence-electron chi connectivity index (χ1n) is 6.18. The number of aryl methyl sites for hydroxylation is 1. The van der Waals surface area contributed by atoms with Gasteiger partial charge in [-0.05, 0) is 25.8 Å². The number of fused-ring (bicyclic) bond motifs is 1. The van der Waals surface area contributed by atoms with Gasteiger partial charge in [-0.1, -0.05) is 18.2 Å². The monoisotopic (exact) mass is 228 g/mol. The fraction of sp³-hybridized carbons (Fsp3) is 0.357. The van der Waals surface area contributed by atoms with Crippen LogP contribution in [-0.2, 0) is 6.54 Å². The summed E-state index contributed by atoms with van der Waals surface area (Å²) in [6.07, 6.45) is 4.21. The molecule has 2 aromatic rings. The van der Waals surface area contributed by atoms with Crippen LogP contribution in [0.4, 0.5) is 0 Å². The van der Waals surface area contributed by atoms with E-state index in [0.717, 1.165) is 35.9 Å². The fourth-order valence-corrected chi connectivity index (χ4v) is 2.18. The van der Waals surface area contributed by atoms with Crippen LogP contribution < -0.4 is 5.32 Å². The quantitative estimate of drug-likeness (QED) is 0.860. The van der Waals surface area contributed by atoms with Gasteiger partial charge in [0.1, 0.15) is 0 Å². The summed E-state index contributed by atoms with van der Waals surface area (Å²) < 4.78 is 2.12. The van der Waals surface area contributed by atoms with Gasteiger partial charge in [0.25, 0.3) is 5.91 Å². The molecule has 0 atom stereocenters.